The van der Waals surface area contributed by atoms with Crippen molar-refractivity contribution in [3.8, 4) is 0 Å². The van der Waals surface area contributed by atoms with Crippen molar-refractivity contribution in [3.63, 3.8) is 0 Å². The van der Waals surface area contributed by atoms with Crippen LogP contribution in [0.15, 0.2) is 34.7 Å². The van der Waals surface area contributed by atoms with Crippen molar-refractivity contribution < 1.29 is 8.81 Å². The minimum Gasteiger partial charge on any atom is -0.441 e. The lowest BCUT2D eigenvalue weighted by molar-refractivity contribution is 0.319. The molecular weight excluding hydrogens is 367 g/mol. The topological polar surface area (TPSA) is 13.1 Å². The summed E-state index contributed by atoms with van der Waals surface area (Å²) in [5.74, 6) is 1.24. The van der Waals surface area contributed by atoms with Crippen molar-refractivity contribution in [1.29, 1.82) is 0 Å². The summed E-state index contributed by atoms with van der Waals surface area (Å²) in [6.07, 6.45) is 9.16. The standard InChI is InChI=1S/C25H29FOS/c1-3-5-6-18-11-14-21-20-13-12-19(17-9-7-16(4-2)8-10-17)15-22(20)25(28)27-24(21)23(18)26/h11-17H,3-10H2,1-2H3. The zero-order valence-electron chi connectivity index (χ0n) is 16.9. The number of aryl methyl sites for hydroxylation is 1. The van der Waals surface area contributed by atoms with Gasteiger partial charge in [0.25, 0.3) is 0 Å². The van der Waals surface area contributed by atoms with Gasteiger partial charge in [-0.3, -0.25) is 0 Å². The number of fused-ring (bicyclic) bond motifs is 3. The molecule has 1 aliphatic carbocycles. The monoisotopic (exact) mass is 396 g/mol. The van der Waals surface area contributed by atoms with Crippen molar-refractivity contribution in [1.82, 2.24) is 0 Å². The van der Waals surface area contributed by atoms with Crippen molar-refractivity contribution in [2.24, 2.45) is 5.92 Å². The van der Waals surface area contributed by atoms with E-state index >= 15 is 4.39 Å². The summed E-state index contributed by atoms with van der Waals surface area (Å²) >= 11 is 5.54. The molecule has 148 valence electrons. The van der Waals surface area contributed by atoms with Crippen LogP contribution in [0.4, 0.5) is 4.39 Å². The third-order valence-corrected chi connectivity index (χ3v) is 6.92. The van der Waals surface area contributed by atoms with Crippen LogP contribution in [0.25, 0.3) is 21.7 Å². The third kappa shape index (κ3) is 3.61. The Balaban J connectivity index is 1.75. The Labute approximate surface area is 171 Å². The van der Waals surface area contributed by atoms with Crippen LogP contribution >= 0.6 is 12.2 Å². The molecule has 0 unspecified atom stereocenters. The first-order chi connectivity index (χ1) is 13.6. The van der Waals surface area contributed by atoms with Gasteiger partial charge in [-0.1, -0.05) is 51.0 Å². The second-order valence-corrected chi connectivity index (χ2v) is 8.71. The van der Waals surface area contributed by atoms with Crippen LogP contribution in [-0.4, -0.2) is 0 Å². The Hall–Kier alpha value is -1.74. The molecule has 0 amide bonds. The maximum Gasteiger partial charge on any atom is 0.198 e. The molecule has 1 heterocycles. The summed E-state index contributed by atoms with van der Waals surface area (Å²) in [6.45, 7) is 4.41. The van der Waals surface area contributed by atoms with Gasteiger partial charge in [0, 0.05) is 10.8 Å². The van der Waals surface area contributed by atoms with Gasteiger partial charge in [0.15, 0.2) is 16.1 Å². The minimum absolute atomic E-state index is 0.249. The van der Waals surface area contributed by atoms with Gasteiger partial charge in [-0.05, 0) is 85.2 Å². The van der Waals surface area contributed by atoms with Crippen LogP contribution in [0.3, 0.4) is 0 Å². The molecule has 3 aromatic rings. The molecule has 0 atom stereocenters. The number of halogens is 1. The van der Waals surface area contributed by atoms with Gasteiger partial charge in [0.1, 0.15) is 0 Å². The summed E-state index contributed by atoms with van der Waals surface area (Å²) < 4.78 is 21.2. The van der Waals surface area contributed by atoms with Crippen LogP contribution in [0.1, 0.15) is 75.8 Å². The molecule has 0 saturated heterocycles. The average molecular weight is 397 g/mol. The molecule has 28 heavy (non-hydrogen) atoms. The Morgan fingerprint density at radius 3 is 2.46 bits per heavy atom. The van der Waals surface area contributed by atoms with E-state index in [1.165, 1.54) is 37.7 Å². The molecule has 0 radical (unpaired) electrons. The highest BCUT2D eigenvalue weighted by Crippen LogP contribution is 2.39. The van der Waals surface area contributed by atoms with Gasteiger partial charge >= 0.3 is 0 Å². The number of unbranched alkanes of at least 4 members (excludes halogenated alkanes) is 1. The van der Waals surface area contributed by atoms with E-state index in [4.69, 9.17) is 16.6 Å². The van der Waals surface area contributed by atoms with E-state index < -0.39 is 0 Å². The predicted octanol–water partition coefficient (Wildman–Crippen LogP) is 8.48. The van der Waals surface area contributed by atoms with E-state index in [1.807, 2.05) is 12.1 Å². The molecule has 0 spiro atoms. The van der Waals surface area contributed by atoms with Crippen molar-refractivity contribution in [2.75, 3.05) is 0 Å². The number of benzene rings is 2. The Kier molecular flexibility index (Phi) is 5.82. The van der Waals surface area contributed by atoms with Gasteiger partial charge in [0.05, 0.1) is 0 Å². The highest BCUT2D eigenvalue weighted by atomic mass is 32.1. The summed E-state index contributed by atoms with van der Waals surface area (Å²) in [4.78, 5) is 0. The summed E-state index contributed by atoms with van der Waals surface area (Å²) in [6, 6.07) is 10.4. The lowest BCUT2D eigenvalue weighted by atomic mass is 9.77. The predicted molar refractivity (Wildman–Crippen MR) is 118 cm³/mol. The number of hydrogen-bond donors (Lipinski definition) is 0. The molecule has 1 saturated carbocycles. The molecule has 0 aliphatic heterocycles. The van der Waals surface area contributed by atoms with E-state index in [-0.39, 0.29) is 5.82 Å². The molecule has 1 nitrogen and oxygen atoms in total. The quantitative estimate of drug-likeness (QED) is 0.317. The van der Waals surface area contributed by atoms with Gasteiger partial charge in [-0.2, -0.15) is 0 Å². The van der Waals surface area contributed by atoms with Gasteiger partial charge in [-0.25, -0.2) is 4.39 Å². The van der Waals surface area contributed by atoms with Crippen LogP contribution in [0.5, 0.6) is 0 Å². The molecule has 0 bridgehead atoms. The summed E-state index contributed by atoms with van der Waals surface area (Å²) in [5, 5.41) is 2.76. The number of rotatable bonds is 5. The van der Waals surface area contributed by atoms with E-state index in [0.717, 1.165) is 46.9 Å². The van der Waals surface area contributed by atoms with Crippen LogP contribution in [0, 0.1) is 16.4 Å². The Morgan fingerprint density at radius 2 is 1.75 bits per heavy atom. The molecule has 1 fully saturated rings. The van der Waals surface area contributed by atoms with E-state index in [1.54, 1.807) is 0 Å². The highest BCUT2D eigenvalue weighted by Gasteiger charge is 2.22. The Bertz CT molecular complexity index is 1040. The van der Waals surface area contributed by atoms with E-state index in [9.17, 15) is 0 Å². The highest BCUT2D eigenvalue weighted by molar-refractivity contribution is 7.71. The molecule has 2 aromatic carbocycles. The second kappa shape index (κ2) is 8.32. The minimum atomic E-state index is -0.249. The van der Waals surface area contributed by atoms with Crippen molar-refractivity contribution in [2.45, 2.75) is 71.1 Å². The van der Waals surface area contributed by atoms with E-state index in [0.29, 0.717) is 16.2 Å². The molecule has 3 heteroatoms. The lowest BCUT2D eigenvalue weighted by Crippen LogP contribution is -2.12. The number of hydrogen-bond acceptors (Lipinski definition) is 2. The molecular formula is C25H29FOS. The maximum atomic E-state index is 15.0. The molecule has 0 N–H and O–H groups in total. The lowest BCUT2D eigenvalue weighted by Gasteiger charge is -2.28. The van der Waals surface area contributed by atoms with Crippen LogP contribution < -0.4 is 0 Å². The zero-order chi connectivity index (χ0) is 19.7. The zero-order valence-corrected chi connectivity index (χ0v) is 17.7. The van der Waals surface area contributed by atoms with E-state index in [2.05, 4.69) is 32.0 Å². The summed E-state index contributed by atoms with van der Waals surface area (Å²) in [5.41, 5.74) is 2.38. The van der Waals surface area contributed by atoms with Crippen LogP contribution in [-0.2, 0) is 6.42 Å². The van der Waals surface area contributed by atoms with Gasteiger partial charge in [0.2, 0.25) is 0 Å². The van der Waals surface area contributed by atoms with Crippen molar-refractivity contribution >= 4 is 34.0 Å². The molecule has 4 rings (SSSR count). The van der Waals surface area contributed by atoms with Crippen molar-refractivity contribution in [3.05, 3.63) is 52.0 Å². The normalized spacial score (nSPS) is 20.1. The first kappa shape index (κ1) is 19.6. The second-order valence-electron chi connectivity index (χ2n) is 8.34. The van der Waals surface area contributed by atoms with Gasteiger partial charge in [-0.15, -0.1) is 0 Å². The smallest absolute Gasteiger partial charge is 0.198 e. The van der Waals surface area contributed by atoms with Crippen LogP contribution in [0.2, 0.25) is 0 Å². The fourth-order valence-corrected chi connectivity index (χ4v) is 4.99. The SMILES string of the molecule is CCCCc1ccc2c(oc(=S)c3cc(C4CCC(CC)CC4)ccc32)c1F. The maximum absolute atomic E-state index is 15.0. The fourth-order valence-electron chi connectivity index (χ4n) is 4.74. The molecule has 1 aliphatic rings. The third-order valence-electron chi connectivity index (χ3n) is 6.62. The fraction of sp³-hybridized carbons (Fsp3) is 0.480. The Morgan fingerprint density at radius 1 is 1.00 bits per heavy atom. The van der Waals surface area contributed by atoms with Gasteiger partial charge < -0.3 is 4.42 Å². The summed E-state index contributed by atoms with van der Waals surface area (Å²) in [7, 11) is 0. The average Bonchev–Trinajstić information content (AvgIpc) is 2.74. The first-order valence-electron chi connectivity index (χ1n) is 10.8. The molecule has 1 aromatic heterocycles. The largest absolute Gasteiger partial charge is 0.441 e. The first-order valence-corrected chi connectivity index (χ1v) is 11.2.